The molecule has 2 aromatic rings. The third-order valence-corrected chi connectivity index (χ3v) is 3.61. The predicted octanol–water partition coefficient (Wildman–Crippen LogP) is 3.57. The van der Waals surface area contributed by atoms with Crippen LogP contribution in [0.2, 0.25) is 5.02 Å². The maximum Gasteiger partial charge on any atom is 0.103 e. The Bertz CT molecular complexity index is 620. The lowest BCUT2D eigenvalue weighted by molar-refractivity contribution is 0.735. The molecule has 0 fully saturated rings. The SMILES string of the molecule is N#Cc1c(Cl)cccc1N(CCCN)Cc1ccccc1. The van der Waals surface area contributed by atoms with Crippen molar-refractivity contribution in [2.45, 2.75) is 13.0 Å². The molecule has 0 spiro atoms. The Morgan fingerprint density at radius 3 is 2.52 bits per heavy atom. The van der Waals surface area contributed by atoms with Gasteiger partial charge >= 0.3 is 0 Å². The van der Waals surface area contributed by atoms with Gasteiger partial charge in [0.1, 0.15) is 6.07 Å². The lowest BCUT2D eigenvalue weighted by Gasteiger charge is -2.26. The van der Waals surface area contributed by atoms with Crippen molar-refractivity contribution in [2.24, 2.45) is 5.73 Å². The monoisotopic (exact) mass is 299 g/mol. The van der Waals surface area contributed by atoms with Gasteiger partial charge in [-0.15, -0.1) is 0 Å². The molecule has 0 amide bonds. The Kier molecular flexibility index (Phi) is 5.62. The van der Waals surface area contributed by atoms with Crippen LogP contribution in [0, 0.1) is 11.3 Å². The van der Waals surface area contributed by atoms with Gasteiger partial charge in [0, 0.05) is 13.1 Å². The highest BCUT2D eigenvalue weighted by Gasteiger charge is 2.14. The second-order valence-electron chi connectivity index (χ2n) is 4.80. The van der Waals surface area contributed by atoms with Gasteiger partial charge in [0.2, 0.25) is 0 Å². The molecule has 0 saturated heterocycles. The molecule has 108 valence electrons. The van der Waals surface area contributed by atoms with Crippen LogP contribution >= 0.6 is 11.6 Å². The van der Waals surface area contributed by atoms with Crippen LogP contribution in [0.1, 0.15) is 17.5 Å². The van der Waals surface area contributed by atoms with Crippen molar-refractivity contribution in [3.63, 3.8) is 0 Å². The molecule has 0 aliphatic heterocycles. The first-order valence-electron chi connectivity index (χ1n) is 6.94. The standard InChI is InChI=1S/C17H18ClN3/c18-16-8-4-9-17(15(16)12-20)21(11-5-10-19)13-14-6-2-1-3-7-14/h1-4,6-9H,5,10-11,13,19H2. The zero-order valence-corrected chi connectivity index (χ0v) is 12.6. The van der Waals surface area contributed by atoms with E-state index < -0.39 is 0 Å². The number of nitriles is 1. The van der Waals surface area contributed by atoms with Crippen LogP contribution in [0.25, 0.3) is 0 Å². The van der Waals surface area contributed by atoms with E-state index >= 15 is 0 Å². The van der Waals surface area contributed by atoms with Crippen molar-refractivity contribution >= 4 is 17.3 Å². The second-order valence-corrected chi connectivity index (χ2v) is 5.20. The van der Waals surface area contributed by atoms with Crippen molar-refractivity contribution in [1.82, 2.24) is 0 Å². The molecular weight excluding hydrogens is 282 g/mol. The summed E-state index contributed by atoms with van der Waals surface area (Å²) < 4.78 is 0. The van der Waals surface area contributed by atoms with Crippen molar-refractivity contribution in [1.29, 1.82) is 5.26 Å². The Hall–Kier alpha value is -2.02. The smallest absolute Gasteiger partial charge is 0.103 e. The van der Waals surface area contributed by atoms with Gasteiger partial charge in [0.05, 0.1) is 16.3 Å². The van der Waals surface area contributed by atoms with E-state index in [1.807, 2.05) is 30.3 Å². The topological polar surface area (TPSA) is 53.0 Å². The molecule has 2 rings (SSSR count). The average Bonchev–Trinajstić information content (AvgIpc) is 2.52. The normalized spacial score (nSPS) is 10.1. The number of rotatable bonds is 6. The summed E-state index contributed by atoms with van der Waals surface area (Å²) in [4.78, 5) is 2.16. The molecule has 0 atom stereocenters. The van der Waals surface area contributed by atoms with Crippen LogP contribution < -0.4 is 10.6 Å². The zero-order valence-electron chi connectivity index (χ0n) is 11.8. The van der Waals surface area contributed by atoms with Gasteiger partial charge in [0.15, 0.2) is 0 Å². The van der Waals surface area contributed by atoms with Gasteiger partial charge < -0.3 is 10.6 Å². The maximum absolute atomic E-state index is 9.35. The van der Waals surface area contributed by atoms with Crippen molar-refractivity contribution in [3.05, 3.63) is 64.7 Å². The molecule has 0 heterocycles. The van der Waals surface area contributed by atoms with Crippen LogP contribution in [0.15, 0.2) is 48.5 Å². The van der Waals surface area contributed by atoms with E-state index in [-0.39, 0.29) is 0 Å². The molecule has 21 heavy (non-hydrogen) atoms. The Morgan fingerprint density at radius 2 is 1.86 bits per heavy atom. The minimum Gasteiger partial charge on any atom is -0.366 e. The van der Waals surface area contributed by atoms with Crippen LogP contribution in [0.4, 0.5) is 5.69 Å². The van der Waals surface area contributed by atoms with Gasteiger partial charge in [-0.05, 0) is 30.7 Å². The molecule has 0 aliphatic carbocycles. The highest BCUT2D eigenvalue weighted by atomic mass is 35.5. The van der Waals surface area contributed by atoms with E-state index in [1.54, 1.807) is 6.07 Å². The first kappa shape index (κ1) is 15.4. The minimum absolute atomic E-state index is 0.487. The number of hydrogen-bond acceptors (Lipinski definition) is 3. The largest absolute Gasteiger partial charge is 0.366 e. The molecule has 0 aromatic heterocycles. The van der Waals surface area contributed by atoms with E-state index in [9.17, 15) is 5.26 Å². The molecule has 0 radical (unpaired) electrons. The summed E-state index contributed by atoms with van der Waals surface area (Å²) in [5, 5.41) is 9.84. The maximum atomic E-state index is 9.35. The molecule has 4 heteroatoms. The Labute approximate surface area is 130 Å². The van der Waals surface area contributed by atoms with Crippen molar-refractivity contribution in [3.8, 4) is 6.07 Å². The van der Waals surface area contributed by atoms with Crippen molar-refractivity contribution in [2.75, 3.05) is 18.0 Å². The van der Waals surface area contributed by atoms with Crippen LogP contribution in [-0.2, 0) is 6.54 Å². The number of hydrogen-bond donors (Lipinski definition) is 1. The van der Waals surface area contributed by atoms with E-state index in [0.717, 1.165) is 25.2 Å². The summed E-state index contributed by atoms with van der Waals surface area (Å²) in [6.07, 6.45) is 0.865. The Balaban J connectivity index is 2.32. The summed E-state index contributed by atoms with van der Waals surface area (Å²) in [7, 11) is 0. The van der Waals surface area contributed by atoms with E-state index in [4.69, 9.17) is 17.3 Å². The van der Waals surface area contributed by atoms with E-state index in [2.05, 4.69) is 23.1 Å². The Morgan fingerprint density at radius 1 is 1.10 bits per heavy atom. The summed E-state index contributed by atoms with van der Waals surface area (Å²) >= 11 is 6.14. The number of nitrogens with zero attached hydrogens (tertiary/aromatic N) is 2. The third-order valence-electron chi connectivity index (χ3n) is 3.29. The molecule has 2 N–H and O–H groups in total. The van der Waals surface area contributed by atoms with Crippen LogP contribution in [-0.4, -0.2) is 13.1 Å². The summed E-state index contributed by atoms with van der Waals surface area (Å²) in [5.41, 5.74) is 8.21. The van der Waals surface area contributed by atoms with Gasteiger partial charge in [-0.3, -0.25) is 0 Å². The minimum atomic E-state index is 0.487. The van der Waals surface area contributed by atoms with Gasteiger partial charge in [-0.25, -0.2) is 0 Å². The van der Waals surface area contributed by atoms with Crippen LogP contribution in [0.3, 0.4) is 0 Å². The first-order chi connectivity index (χ1) is 10.3. The quantitative estimate of drug-likeness (QED) is 0.887. The summed E-state index contributed by atoms with van der Waals surface area (Å²) in [6, 6.07) is 17.9. The van der Waals surface area contributed by atoms with E-state index in [0.29, 0.717) is 17.1 Å². The highest BCUT2D eigenvalue weighted by molar-refractivity contribution is 6.32. The molecule has 0 bridgehead atoms. The highest BCUT2D eigenvalue weighted by Crippen LogP contribution is 2.28. The lowest BCUT2D eigenvalue weighted by atomic mass is 10.1. The summed E-state index contributed by atoms with van der Waals surface area (Å²) in [5.74, 6) is 0. The molecule has 0 aliphatic rings. The number of anilines is 1. The lowest BCUT2D eigenvalue weighted by Crippen LogP contribution is -2.26. The van der Waals surface area contributed by atoms with Crippen molar-refractivity contribution < 1.29 is 0 Å². The molecule has 3 nitrogen and oxygen atoms in total. The number of benzene rings is 2. The van der Waals surface area contributed by atoms with Gasteiger partial charge in [-0.1, -0.05) is 48.0 Å². The van der Waals surface area contributed by atoms with Gasteiger partial charge in [-0.2, -0.15) is 5.26 Å². The summed E-state index contributed by atoms with van der Waals surface area (Å²) in [6.45, 7) is 2.14. The fraction of sp³-hybridized carbons (Fsp3) is 0.235. The molecule has 0 unspecified atom stereocenters. The van der Waals surface area contributed by atoms with Gasteiger partial charge in [0.25, 0.3) is 0 Å². The zero-order chi connectivity index (χ0) is 15.1. The van der Waals surface area contributed by atoms with E-state index in [1.165, 1.54) is 5.56 Å². The molecule has 0 saturated carbocycles. The molecule has 2 aromatic carbocycles. The predicted molar refractivity (Wildman–Crippen MR) is 87.3 cm³/mol. The average molecular weight is 300 g/mol. The number of nitrogens with two attached hydrogens (primary N) is 1. The third kappa shape index (κ3) is 3.98. The fourth-order valence-electron chi connectivity index (χ4n) is 2.26. The number of halogens is 1. The molecular formula is C17H18ClN3. The second kappa shape index (κ2) is 7.68. The first-order valence-corrected chi connectivity index (χ1v) is 7.31. The van der Waals surface area contributed by atoms with Crippen LogP contribution in [0.5, 0.6) is 0 Å². The fourth-order valence-corrected chi connectivity index (χ4v) is 2.47.